The topological polar surface area (TPSA) is 59.3 Å². The third-order valence-electron chi connectivity index (χ3n) is 10.8. The maximum Gasteiger partial charge on any atom is 0.269 e. The van der Waals surface area contributed by atoms with Crippen LogP contribution in [-0.2, 0) is 0 Å². The summed E-state index contributed by atoms with van der Waals surface area (Å²) in [5, 5.41) is 19.9. The number of hydrogen-bond acceptors (Lipinski definition) is 4. The molecule has 0 saturated carbocycles. The third kappa shape index (κ3) is 5.70. The van der Waals surface area contributed by atoms with Gasteiger partial charge in [0.1, 0.15) is 5.82 Å². The molecular weight excluding hydrogens is 687 g/mol. The Kier molecular flexibility index (Phi) is 8.04. The van der Waals surface area contributed by atoms with E-state index in [4.69, 9.17) is 4.98 Å². The SMILES string of the molecule is O=[N+]([O-])c1ccc(N(c2ccc(-c3ccc(-c4c5ccccc5c(-c5cccc6ccccc56)c5ccccc45)cc3)cc2)c2ccc3ccccc3n2)cc1. The standard InChI is InChI=1S/C51H33N3O2/c55-54(56)41-31-29-40(30-32-41)53(49-33-26-37-11-2-8-19-48(37)52-49)39-27-24-35(25-28-39)34-20-22-38(23-21-34)50-44-14-4-6-16-46(44)51(47-17-7-5-15-45(47)50)43-18-9-12-36-10-1-3-13-42(36)43/h1-33H. The Bertz CT molecular complexity index is 3040. The van der Waals surface area contributed by atoms with Crippen LogP contribution in [0, 0.1) is 10.1 Å². The Morgan fingerprint density at radius 2 is 0.893 bits per heavy atom. The predicted molar refractivity (Wildman–Crippen MR) is 232 cm³/mol. The summed E-state index contributed by atoms with van der Waals surface area (Å²) in [6, 6.07) is 68.7. The lowest BCUT2D eigenvalue weighted by molar-refractivity contribution is -0.384. The number of nitrogens with zero attached hydrogens (tertiary/aromatic N) is 3. The van der Waals surface area contributed by atoms with Crippen molar-refractivity contribution in [1.82, 2.24) is 4.98 Å². The fourth-order valence-corrected chi connectivity index (χ4v) is 8.12. The molecule has 0 atom stereocenters. The number of pyridine rings is 1. The van der Waals surface area contributed by atoms with E-state index in [1.165, 1.54) is 61.1 Å². The van der Waals surface area contributed by atoms with Crippen molar-refractivity contribution in [3.05, 3.63) is 210 Å². The second-order valence-corrected chi connectivity index (χ2v) is 14.0. The van der Waals surface area contributed by atoms with E-state index >= 15 is 0 Å². The van der Waals surface area contributed by atoms with E-state index in [1.807, 2.05) is 35.2 Å². The third-order valence-corrected chi connectivity index (χ3v) is 10.8. The summed E-state index contributed by atoms with van der Waals surface area (Å²) in [5.41, 5.74) is 9.66. The van der Waals surface area contributed by atoms with Crippen molar-refractivity contribution >= 4 is 66.1 Å². The van der Waals surface area contributed by atoms with Gasteiger partial charge < -0.3 is 0 Å². The Balaban J connectivity index is 1.04. The van der Waals surface area contributed by atoms with E-state index < -0.39 is 0 Å². The highest BCUT2D eigenvalue weighted by Gasteiger charge is 2.19. The zero-order valence-corrected chi connectivity index (χ0v) is 30.2. The van der Waals surface area contributed by atoms with Gasteiger partial charge in [-0.3, -0.25) is 15.0 Å². The smallest absolute Gasteiger partial charge is 0.269 e. The van der Waals surface area contributed by atoms with Crippen LogP contribution >= 0.6 is 0 Å². The van der Waals surface area contributed by atoms with Gasteiger partial charge in [-0.25, -0.2) is 4.98 Å². The van der Waals surface area contributed by atoms with Gasteiger partial charge in [-0.05, 0) is 108 Å². The largest absolute Gasteiger partial charge is 0.295 e. The Labute approximate surface area is 323 Å². The lowest BCUT2D eigenvalue weighted by Gasteiger charge is -2.24. The quantitative estimate of drug-likeness (QED) is 0.0935. The van der Waals surface area contributed by atoms with Crippen molar-refractivity contribution in [3.8, 4) is 33.4 Å². The second-order valence-electron chi connectivity index (χ2n) is 14.0. The fourth-order valence-electron chi connectivity index (χ4n) is 8.12. The van der Waals surface area contributed by atoms with Crippen molar-refractivity contribution in [2.75, 3.05) is 4.90 Å². The zero-order valence-electron chi connectivity index (χ0n) is 30.2. The van der Waals surface area contributed by atoms with Gasteiger partial charge >= 0.3 is 0 Å². The summed E-state index contributed by atoms with van der Waals surface area (Å²) in [7, 11) is 0. The highest BCUT2D eigenvalue weighted by atomic mass is 16.6. The van der Waals surface area contributed by atoms with Crippen LogP contribution in [0.3, 0.4) is 0 Å². The van der Waals surface area contributed by atoms with Crippen LogP contribution in [0.1, 0.15) is 0 Å². The lowest BCUT2D eigenvalue weighted by Crippen LogP contribution is -2.11. The Hall–Kier alpha value is -7.63. The number of nitro groups is 1. The molecule has 0 fully saturated rings. The summed E-state index contributed by atoms with van der Waals surface area (Å²) >= 11 is 0. The molecule has 0 saturated heterocycles. The second kappa shape index (κ2) is 13.7. The van der Waals surface area contributed by atoms with Gasteiger partial charge in [-0.2, -0.15) is 0 Å². The summed E-state index contributed by atoms with van der Waals surface area (Å²) in [6.45, 7) is 0. The molecule has 0 unspecified atom stereocenters. The number of anilines is 3. The molecule has 9 aromatic carbocycles. The molecule has 0 amide bonds. The molecule has 10 aromatic rings. The van der Waals surface area contributed by atoms with Crippen LogP contribution in [0.15, 0.2) is 200 Å². The van der Waals surface area contributed by atoms with Crippen molar-refractivity contribution in [1.29, 1.82) is 0 Å². The maximum absolute atomic E-state index is 11.4. The molecule has 0 aliphatic heterocycles. The van der Waals surface area contributed by atoms with Crippen molar-refractivity contribution in [2.24, 2.45) is 0 Å². The number of para-hydroxylation sites is 1. The minimum Gasteiger partial charge on any atom is -0.295 e. The molecule has 0 radical (unpaired) electrons. The maximum atomic E-state index is 11.4. The summed E-state index contributed by atoms with van der Waals surface area (Å²) < 4.78 is 0. The van der Waals surface area contributed by atoms with E-state index in [2.05, 4.69) is 146 Å². The first-order chi connectivity index (χ1) is 27.6. The highest BCUT2D eigenvalue weighted by Crippen LogP contribution is 2.45. The van der Waals surface area contributed by atoms with E-state index in [0.717, 1.165) is 44.8 Å². The monoisotopic (exact) mass is 719 g/mol. The molecule has 0 aliphatic carbocycles. The fraction of sp³-hybridized carbons (Fsp3) is 0. The number of hydrogen-bond donors (Lipinski definition) is 0. The number of aromatic nitrogens is 1. The van der Waals surface area contributed by atoms with E-state index in [0.29, 0.717) is 0 Å². The average Bonchev–Trinajstić information content (AvgIpc) is 3.26. The van der Waals surface area contributed by atoms with Crippen molar-refractivity contribution < 1.29 is 4.92 Å². The predicted octanol–water partition coefficient (Wildman–Crippen LogP) is 14.1. The highest BCUT2D eigenvalue weighted by molar-refractivity contribution is 6.23. The molecule has 5 nitrogen and oxygen atoms in total. The Morgan fingerprint density at radius 3 is 1.52 bits per heavy atom. The van der Waals surface area contributed by atoms with Crippen LogP contribution in [0.5, 0.6) is 0 Å². The Morgan fingerprint density at radius 1 is 0.411 bits per heavy atom. The van der Waals surface area contributed by atoms with Crippen LogP contribution in [0.4, 0.5) is 22.9 Å². The molecule has 1 heterocycles. The summed E-state index contributed by atoms with van der Waals surface area (Å²) in [5.74, 6) is 0.723. The van der Waals surface area contributed by atoms with Gasteiger partial charge in [0, 0.05) is 28.9 Å². The van der Waals surface area contributed by atoms with Crippen LogP contribution in [0.25, 0.3) is 76.6 Å². The molecule has 0 aliphatic rings. The lowest BCUT2D eigenvalue weighted by atomic mass is 9.84. The van der Waals surface area contributed by atoms with Gasteiger partial charge in [0.2, 0.25) is 0 Å². The number of nitro benzene ring substituents is 1. The number of benzene rings is 9. The van der Waals surface area contributed by atoms with Gasteiger partial charge in [0.25, 0.3) is 5.69 Å². The van der Waals surface area contributed by atoms with Crippen LogP contribution < -0.4 is 4.90 Å². The summed E-state index contributed by atoms with van der Waals surface area (Å²) in [4.78, 5) is 18.1. The molecular formula is C51H33N3O2. The van der Waals surface area contributed by atoms with E-state index in [9.17, 15) is 10.1 Å². The molecule has 10 rings (SSSR count). The zero-order chi connectivity index (χ0) is 37.6. The summed E-state index contributed by atoms with van der Waals surface area (Å²) in [6.07, 6.45) is 0. The van der Waals surface area contributed by atoms with Gasteiger partial charge in [-0.15, -0.1) is 0 Å². The number of non-ortho nitro benzene ring substituents is 1. The van der Waals surface area contributed by atoms with E-state index in [1.54, 1.807) is 12.1 Å². The molecule has 264 valence electrons. The number of fused-ring (bicyclic) bond motifs is 4. The van der Waals surface area contributed by atoms with Crippen molar-refractivity contribution in [2.45, 2.75) is 0 Å². The molecule has 0 spiro atoms. The van der Waals surface area contributed by atoms with E-state index in [-0.39, 0.29) is 10.6 Å². The van der Waals surface area contributed by atoms with Crippen LogP contribution in [-0.4, -0.2) is 9.91 Å². The average molecular weight is 720 g/mol. The first kappa shape index (κ1) is 33.0. The van der Waals surface area contributed by atoms with Crippen molar-refractivity contribution in [3.63, 3.8) is 0 Å². The molecule has 5 heteroatoms. The number of rotatable bonds is 7. The minimum absolute atomic E-state index is 0.0423. The first-order valence-corrected chi connectivity index (χ1v) is 18.6. The molecule has 0 N–H and O–H groups in total. The van der Waals surface area contributed by atoms with Gasteiger partial charge in [0.05, 0.1) is 10.4 Å². The molecule has 0 bridgehead atoms. The van der Waals surface area contributed by atoms with Gasteiger partial charge in [-0.1, -0.05) is 146 Å². The normalized spacial score (nSPS) is 11.4. The minimum atomic E-state index is -0.380. The molecule has 1 aromatic heterocycles. The molecule has 56 heavy (non-hydrogen) atoms. The van der Waals surface area contributed by atoms with Gasteiger partial charge in [0.15, 0.2) is 0 Å². The van der Waals surface area contributed by atoms with Crippen LogP contribution in [0.2, 0.25) is 0 Å². The first-order valence-electron chi connectivity index (χ1n) is 18.6.